The number of hydrogen-bond donors (Lipinski definition) is 0. The normalized spacial score (nSPS) is 17.0. The average Bonchev–Trinajstić information content (AvgIpc) is 3.02. The molecule has 4 aromatic carbocycles. The van der Waals surface area contributed by atoms with Crippen LogP contribution in [0.15, 0.2) is 78.9 Å². The van der Waals surface area contributed by atoms with E-state index < -0.39 is 42.0 Å². The van der Waals surface area contributed by atoms with Gasteiger partial charge in [-0.25, -0.2) is 13.2 Å². The van der Waals surface area contributed by atoms with Crippen molar-refractivity contribution < 1.29 is 40.2 Å². The minimum atomic E-state index is -3.40. The van der Waals surface area contributed by atoms with Gasteiger partial charge in [-0.3, -0.25) is 0 Å². The first-order valence-corrected chi connectivity index (χ1v) is 15.5. The molecular formula is C37H35F7O2. The second kappa shape index (κ2) is 14.7. The van der Waals surface area contributed by atoms with Crippen molar-refractivity contribution in [3.05, 3.63) is 113 Å². The van der Waals surface area contributed by atoms with Gasteiger partial charge in [-0.2, -0.15) is 17.6 Å². The van der Waals surface area contributed by atoms with E-state index in [0.717, 1.165) is 55.0 Å². The van der Waals surface area contributed by atoms with Gasteiger partial charge in [-0.1, -0.05) is 74.4 Å². The SMILES string of the molecule is CCCCCc1ccc(C(F)(F)OC2CCC(c3ccc(-c4ccc(-c5ccc(OC(F)F)c(F)c5)c(F)c4)c(F)c3)CC2)cc1. The van der Waals surface area contributed by atoms with Crippen LogP contribution in [0.5, 0.6) is 5.75 Å². The standard InChI is InChI=1S/C37H35F7O2/c1-2-3-4-5-23-6-13-28(14-7-23)37(43,44)46-29-15-8-24(9-16-29)25-10-17-30(32(38)20-25)26-11-18-31(33(39)21-26)27-12-19-35(34(40)22-27)45-36(41)42/h6-7,10-14,17-22,24,29,36H,2-5,8-9,15-16H2,1H3. The Morgan fingerprint density at radius 2 is 1.33 bits per heavy atom. The Labute approximate surface area is 264 Å². The summed E-state index contributed by atoms with van der Waals surface area (Å²) in [5.74, 6) is -3.07. The molecular weight excluding hydrogens is 609 g/mol. The van der Waals surface area contributed by atoms with Crippen LogP contribution in [0.25, 0.3) is 22.3 Å². The van der Waals surface area contributed by atoms with E-state index in [2.05, 4.69) is 11.7 Å². The highest BCUT2D eigenvalue weighted by Gasteiger charge is 2.37. The monoisotopic (exact) mass is 644 g/mol. The summed E-state index contributed by atoms with van der Waals surface area (Å²) in [5, 5.41) is 0. The fourth-order valence-corrected chi connectivity index (χ4v) is 6.03. The summed E-state index contributed by atoms with van der Waals surface area (Å²) >= 11 is 0. The lowest BCUT2D eigenvalue weighted by atomic mass is 9.82. The maximum atomic E-state index is 15.3. The molecule has 0 atom stereocenters. The van der Waals surface area contributed by atoms with Gasteiger partial charge in [0, 0.05) is 11.1 Å². The van der Waals surface area contributed by atoms with Gasteiger partial charge in [0.2, 0.25) is 0 Å². The van der Waals surface area contributed by atoms with E-state index in [4.69, 9.17) is 4.74 Å². The zero-order valence-corrected chi connectivity index (χ0v) is 25.4. The van der Waals surface area contributed by atoms with Gasteiger partial charge in [0.05, 0.1) is 11.7 Å². The van der Waals surface area contributed by atoms with Crippen molar-refractivity contribution in [3.63, 3.8) is 0 Å². The molecule has 5 rings (SSSR count). The molecule has 0 saturated heterocycles. The van der Waals surface area contributed by atoms with E-state index in [9.17, 15) is 22.0 Å². The molecule has 0 aromatic heterocycles. The molecule has 0 amide bonds. The Morgan fingerprint density at radius 1 is 0.717 bits per heavy atom. The maximum absolute atomic E-state index is 15.3. The van der Waals surface area contributed by atoms with Crippen molar-refractivity contribution in [3.8, 4) is 28.0 Å². The molecule has 46 heavy (non-hydrogen) atoms. The second-order valence-electron chi connectivity index (χ2n) is 11.7. The van der Waals surface area contributed by atoms with Gasteiger partial charge in [0.1, 0.15) is 11.6 Å². The van der Waals surface area contributed by atoms with Crippen molar-refractivity contribution in [2.75, 3.05) is 0 Å². The fraction of sp³-hybridized carbons (Fsp3) is 0.351. The second-order valence-corrected chi connectivity index (χ2v) is 11.7. The van der Waals surface area contributed by atoms with E-state index in [0.29, 0.717) is 25.7 Å². The number of rotatable bonds is 12. The lowest BCUT2D eigenvalue weighted by molar-refractivity contribution is -0.277. The van der Waals surface area contributed by atoms with E-state index in [-0.39, 0.29) is 33.7 Å². The molecule has 0 bridgehead atoms. The number of halogens is 7. The first-order chi connectivity index (χ1) is 22.0. The minimum absolute atomic E-state index is 0.00672. The summed E-state index contributed by atoms with van der Waals surface area (Å²) in [6, 6.07) is 18.1. The topological polar surface area (TPSA) is 18.5 Å². The molecule has 244 valence electrons. The van der Waals surface area contributed by atoms with Crippen LogP contribution in [0.3, 0.4) is 0 Å². The largest absolute Gasteiger partial charge is 0.432 e. The number of benzene rings is 4. The molecule has 0 unspecified atom stereocenters. The van der Waals surface area contributed by atoms with E-state index in [1.54, 1.807) is 24.3 Å². The highest BCUT2D eigenvalue weighted by molar-refractivity contribution is 5.72. The summed E-state index contributed by atoms with van der Waals surface area (Å²) in [4.78, 5) is 0. The van der Waals surface area contributed by atoms with Crippen LogP contribution in [-0.4, -0.2) is 12.7 Å². The molecule has 1 saturated carbocycles. The van der Waals surface area contributed by atoms with Gasteiger partial charge in [0.15, 0.2) is 11.6 Å². The summed E-state index contributed by atoms with van der Waals surface area (Å²) in [6.07, 6.45) is 1.96. The highest BCUT2D eigenvalue weighted by Crippen LogP contribution is 2.40. The number of unbranched alkanes of at least 4 members (excludes halogenated alkanes) is 2. The van der Waals surface area contributed by atoms with Crippen LogP contribution < -0.4 is 4.74 Å². The van der Waals surface area contributed by atoms with Crippen molar-refractivity contribution in [1.82, 2.24) is 0 Å². The third-order valence-electron chi connectivity index (χ3n) is 8.55. The lowest BCUT2D eigenvalue weighted by Crippen LogP contribution is -2.29. The minimum Gasteiger partial charge on any atom is -0.432 e. The third-order valence-corrected chi connectivity index (χ3v) is 8.55. The van der Waals surface area contributed by atoms with Crippen LogP contribution in [0.1, 0.15) is 74.5 Å². The van der Waals surface area contributed by atoms with Crippen LogP contribution in [-0.2, 0) is 17.3 Å². The van der Waals surface area contributed by atoms with Crippen molar-refractivity contribution in [2.45, 2.75) is 83.0 Å². The van der Waals surface area contributed by atoms with Gasteiger partial charge < -0.3 is 9.47 Å². The van der Waals surface area contributed by atoms with Gasteiger partial charge in [-0.15, -0.1) is 0 Å². The zero-order valence-electron chi connectivity index (χ0n) is 25.4. The van der Waals surface area contributed by atoms with Crippen molar-refractivity contribution >= 4 is 0 Å². The quantitative estimate of drug-likeness (QED) is 0.113. The molecule has 1 fully saturated rings. The van der Waals surface area contributed by atoms with Crippen LogP contribution >= 0.6 is 0 Å². The molecule has 9 heteroatoms. The molecule has 4 aromatic rings. The summed E-state index contributed by atoms with van der Waals surface area (Å²) < 4.78 is 109. The highest BCUT2D eigenvalue weighted by atomic mass is 19.3. The number of aryl methyl sites for hydroxylation is 1. The number of alkyl halides is 4. The molecule has 1 aliphatic carbocycles. The molecule has 1 aliphatic rings. The Hall–Kier alpha value is -3.85. The Kier molecular flexibility index (Phi) is 10.7. The average molecular weight is 645 g/mol. The molecule has 0 N–H and O–H groups in total. The maximum Gasteiger partial charge on any atom is 0.387 e. The Morgan fingerprint density at radius 3 is 1.91 bits per heavy atom. The predicted octanol–water partition coefficient (Wildman–Crippen LogP) is 11.6. The van der Waals surface area contributed by atoms with Gasteiger partial charge in [-0.05, 0) is 91.0 Å². The molecule has 0 radical (unpaired) electrons. The van der Waals surface area contributed by atoms with Crippen LogP contribution in [0.2, 0.25) is 0 Å². The third kappa shape index (κ3) is 8.10. The van der Waals surface area contributed by atoms with Crippen LogP contribution in [0, 0.1) is 17.5 Å². The van der Waals surface area contributed by atoms with Crippen molar-refractivity contribution in [1.29, 1.82) is 0 Å². The van der Waals surface area contributed by atoms with Gasteiger partial charge in [0.25, 0.3) is 0 Å². The summed E-state index contributed by atoms with van der Waals surface area (Å²) in [6.45, 7) is -1.08. The van der Waals surface area contributed by atoms with E-state index in [1.165, 1.54) is 36.4 Å². The number of ether oxygens (including phenoxy) is 2. The first-order valence-electron chi connectivity index (χ1n) is 15.5. The molecule has 2 nitrogen and oxygen atoms in total. The first kappa shape index (κ1) is 33.5. The smallest absolute Gasteiger partial charge is 0.387 e. The van der Waals surface area contributed by atoms with E-state index in [1.807, 2.05) is 0 Å². The molecule has 0 heterocycles. The number of hydrogen-bond acceptors (Lipinski definition) is 2. The fourth-order valence-electron chi connectivity index (χ4n) is 6.03. The molecule has 0 spiro atoms. The van der Waals surface area contributed by atoms with Crippen molar-refractivity contribution in [2.24, 2.45) is 0 Å². The molecule has 0 aliphatic heterocycles. The van der Waals surface area contributed by atoms with E-state index >= 15 is 8.78 Å². The predicted molar refractivity (Wildman–Crippen MR) is 163 cm³/mol. The van der Waals surface area contributed by atoms with Crippen LogP contribution in [0.4, 0.5) is 30.7 Å². The Balaban J connectivity index is 1.19. The summed E-state index contributed by atoms with van der Waals surface area (Å²) in [7, 11) is 0. The zero-order chi connectivity index (χ0) is 32.8. The van der Waals surface area contributed by atoms with Gasteiger partial charge >= 0.3 is 12.7 Å². The Bertz CT molecular complexity index is 1610. The summed E-state index contributed by atoms with van der Waals surface area (Å²) in [5.41, 5.74) is 2.12. The lowest BCUT2D eigenvalue weighted by Gasteiger charge is -2.31.